The van der Waals surface area contributed by atoms with Gasteiger partial charge in [0.2, 0.25) is 0 Å². The van der Waals surface area contributed by atoms with Crippen molar-refractivity contribution in [3.8, 4) is 0 Å². The molecule has 1 heterocycles. The molecule has 0 radical (unpaired) electrons. The van der Waals surface area contributed by atoms with Crippen LogP contribution in [0.25, 0.3) is 0 Å². The van der Waals surface area contributed by atoms with E-state index in [1.54, 1.807) is 6.07 Å². The Morgan fingerprint density at radius 2 is 1.65 bits per heavy atom. The van der Waals surface area contributed by atoms with Gasteiger partial charge in [0.25, 0.3) is 5.91 Å². The maximum absolute atomic E-state index is 13.6. The van der Waals surface area contributed by atoms with Crippen molar-refractivity contribution < 1.29 is 13.6 Å². The monoisotopic (exact) mass is 356 g/mol. The normalized spacial score (nSPS) is 10.2. The van der Waals surface area contributed by atoms with E-state index in [2.05, 4.69) is 26.1 Å². The second-order valence-corrected chi connectivity index (χ2v) is 5.18. The van der Waals surface area contributed by atoms with Gasteiger partial charge in [0.15, 0.2) is 11.6 Å². The zero-order chi connectivity index (χ0) is 18.5. The first-order chi connectivity index (χ1) is 12.5. The lowest BCUT2D eigenvalue weighted by atomic mass is 10.2. The number of hydrogen-bond acceptors (Lipinski definition) is 6. The fourth-order valence-corrected chi connectivity index (χ4v) is 2.09. The minimum Gasteiger partial charge on any atom is -0.393 e. The molecular weight excluding hydrogens is 342 g/mol. The van der Waals surface area contributed by atoms with Crippen LogP contribution in [-0.4, -0.2) is 15.9 Å². The summed E-state index contributed by atoms with van der Waals surface area (Å²) in [4.78, 5) is 19.9. The number of benzene rings is 2. The third-order valence-electron chi connectivity index (χ3n) is 3.40. The number of rotatable bonds is 5. The van der Waals surface area contributed by atoms with Gasteiger partial charge in [-0.2, -0.15) is 0 Å². The van der Waals surface area contributed by atoms with Crippen LogP contribution < -0.4 is 21.9 Å². The Morgan fingerprint density at radius 1 is 0.962 bits per heavy atom. The number of carbonyl (C=O) groups excluding carboxylic acids is 1. The Balaban J connectivity index is 1.72. The third kappa shape index (κ3) is 3.83. The number of nitrogens with two attached hydrogens (primary N) is 1. The van der Waals surface area contributed by atoms with Gasteiger partial charge in [0.1, 0.15) is 23.6 Å². The molecule has 1 amide bonds. The van der Waals surface area contributed by atoms with Crippen LogP contribution in [0, 0.1) is 11.6 Å². The highest BCUT2D eigenvalue weighted by Crippen LogP contribution is 2.25. The summed E-state index contributed by atoms with van der Waals surface area (Å²) < 4.78 is 26.6. The zero-order valence-electron chi connectivity index (χ0n) is 13.3. The van der Waals surface area contributed by atoms with Crippen LogP contribution in [0.1, 0.15) is 10.4 Å². The van der Waals surface area contributed by atoms with Crippen molar-refractivity contribution in [2.24, 2.45) is 0 Å². The summed E-state index contributed by atoms with van der Waals surface area (Å²) in [6.07, 6.45) is 1.22. The molecule has 3 rings (SSSR count). The number of nitrogens with zero attached hydrogens (tertiary/aromatic N) is 2. The molecule has 7 nitrogen and oxygen atoms in total. The van der Waals surface area contributed by atoms with E-state index in [-0.39, 0.29) is 28.7 Å². The summed E-state index contributed by atoms with van der Waals surface area (Å²) in [5, 5.41) is 2.91. The van der Waals surface area contributed by atoms with Crippen molar-refractivity contribution in [1.29, 1.82) is 0 Å². The van der Waals surface area contributed by atoms with E-state index in [9.17, 15) is 13.6 Å². The number of aromatic nitrogens is 2. The summed E-state index contributed by atoms with van der Waals surface area (Å²) in [6, 6.07) is 11.2. The van der Waals surface area contributed by atoms with Crippen LogP contribution >= 0.6 is 0 Å². The highest BCUT2D eigenvalue weighted by molar-refractivity contribution is 5.95. The van der Waals surface area contributed by atoms with Gasteiger partial charge in [0.05, 0.1) is 5.56 Å². The molecule has 2 aromatic carbocycles. The number of hydrogen-bond donors (Lipinski definition) is 4. The molecule has 0 fully saturated rings. The van der Waals surface area contributed by atoms with Crippen molar-refractivity contribution in [3.05, 3.63) is 72.1 Å². The van der Waals surface area contributed by atoms with Crippen molar-refractivity contribution in [1.82, 2.24) is 15.4 Å². The average molecular weight is 356 g/mol. The van der Waals surface area contributed by atoms with Crippen LogP contribution in [0.3, 0.4) is 0 Å². The smallest absolute Gasteiger partial charge is 0.272 e. The second kappa shape index (κ2) is 7.43. The fraction of sp³-hybridized carbons (Fsp3) is 0. The fourth-order valence-electron chi connectivity index (χ4n) is 2.09. The lowest BCUT2D eigenvalue weighted by molar-refractivity contribution is 0.0958. The Bertz CT molecular complexity index is 933. The molecule has 0 aliphatic rings. The van der Waals surface area contributed by atoms with Gasteiger partial charge >= 0.3 is 0 Å². The molecule has 0 spiro atoms. The number of carbonyl (C=O) groups is 1. The van der Waals surface area contributed by atoms with Crippen LogP contribution in [0.5, 0.6) is 0 Å². The van der Waals surface area contributed by atoms with E-state index >= 15 is 0 Å². The van der Waals surface area contributed by atoms with Crippen molar-refractivity contribution in [2.45, 2.75) is 0 Å². The SMILES string of the molecule is Nc1c(NNC(=O)c2ccccc2F)ncnc1Nc1ccc(F)cc1. The molecule has 5 N–H and O–H groups in total. The molecule has 1 aromatic heterocycles. The number of nitrogen functional groups attached to an aromatic ring is 1. The van der Waals surface area contributed by atoms with Gasteiger partial charge < -0.3 is 11.1 Å². The predicted octanol–water partition coefficient (Wildman–Crippen LogP) is 2.84. The number of amides is 1. The molecule has 9 heteroatoms. The van der Waals surface area contributed by atoms with Crippen LogP contribution in [0.4, 0.5) is 31.8 Å². The van der Waals surface area contributed by atoms with Gasteiger partial charge in [-0.1, -0.05) is 12.1 Å². The highest BCUT2D eigenvalue weighted by Gasteiger charge is 2.13. The van der Waals surface area contributed by atoms with Crippen LogP contribution in [0.2, 0.25) is 0 Å². The number of hydrazine groups is 1. The largest absolute Gasteiger partial charge is 0.393 e. The summed E-state index contributed by atoms with van der Waals surface area (Å²) in [6.45, 7) is 0. The Kier molecular flexibility index (Phi) is 4.88. The number of anilines is 4. The molecule has 132 valence electrons. The van der Waals surface area contributed by atoms with E-state index in [1.165, 1.54) is 48.8 Å². The molecular formula is C17H14F2N6O. The van der Waals surface area contributed by atoms with E-state index in [1.807, 2.05) is 0 Å². The summed E-state index contributed by atoms with van der Waals surface area (Å²) in [7, 11) is 0. The van der Waals surface area contributed by atoms with Crippen molar-refractivity contribution in [3.63, 3.8) is 0 Å². The van der Waals surface area contributed by atoms with Crippen molar-refractivity contribution in [2.75, 3.05) is 16.5 Å². The molecule has 0 aliphatic carbocycles. The average Bonchev–Trinajstić information content (AvgIpc) is 2.64. The first-order valence-electron chi connectivity index (χ1n) is 7.48. The third-order valence-corrected chi connectivity index (χ3v) is 3.40. The molecule has 3 aromatic rings. The Morgan fingerprint density at radius 3 is 2.38 bits per heavy atom. The second-order valence-electron chi connectivity index (χ2n) is 5.18. The molecule has 0 bridgehead atoms. The lowest BCUT2D eigenvalue weighted by Gasteiger charge is -2.13. The van der Waals surface area contributed by atoms with Gasteiger partial charge in [-0.05, 0) is 36.4 Å². The van der Waals surface area contributed by atoms with E-state index in [4.69, 9.17) is 5.73 Å². The number of halogens is 2. The van der Waals surface area contributed by atoms with E-state index < -0.39 is 11.7 Å². The van der Waals surface area contributed by atoms with E-state index in [0.717, 1.165) is 0 Å². The van der Waals surface area contributed by atoms with Crippen LogP contribution in [0.15, 0.2) is 54.9 Å². The lowest BCUT2D eigenvalue weighted by Crippen LogP contribution is -2.31. The Labute approximate surface area is 147 Å². The molecule has 26 heavy (non-hydrogen) atoms. The topological polar surface area (TPSA) is 105 Å². The summed E-state index contributed by atoms with van der Waals surface area (Å²) >= 11 is 0. The standard InChI is InChI=1S/C17H14F2N6O/c18-10-5-7-11(8-6-10)23-15-14(20)16(22-9-21-15)24-25-17(26)12-3-1-2-4-13(12)19/h1-9H,20H2,(H,25,26)(H2,21,22,23,24). The number of nitrogens with one attached hydrogen (secondary N) is 3. The van der Waals surface area contributed by atoms with Crippen LogP contribution in [-0.2, 0) is 0 Å². The zero-order valence-corrected chi connectivity index (χ0v) is 13.3. The molecule has 0 saturated heterocycles. The summed E-state index contributed by atoms with van der Waals surface area (Å²) in [5.74, 6) is -1.33. The van der Waals surface area contributed by atoms with Gasteiger partial charge in [-0.3, -0.25) is 15.6 Å². The highest BCUT2D eigenvalue weighted by atomic mass is 19.1. The van der Waals surface area contributed by atoms with Crippen molar-refractivity contribution >= 4 is 28.9 Å². The van der Waals surface area contributed by atoms with E-state index in [0.29, 0.717) is 5.69 Å². The predicted molar refractivity (Wildman–Crippen MR) is 93.6 cm³/mol. The maximum Gasteiger partial charge on any atom is 0.272 e. The van der Waals surface area contributed by atoms with Gasteiger partial charge in [-0.15, -0.1) is 0 Å². The van der Waals surface area contributed by atoms with Gasteiger partial charge in [0, 0.05) is 5.69 Å². The minimum atomic E-state index is -0.686. The quantitative estimate of drug-likeness (QED) is 0.524. The molecule has 0 unspecified atom stereocenters. The minimum absolute atomic E-state index is 0.116. The Hall–Kier alpha value is -3.75. The van der Waals surface area contributed by atoms with Gasteiger partial charge in [-0.25, -0.2) is 18.7 Å². The molecule has 0 atom stereocenters. The molecule has 0 aliphatic heterocycles. The first-order valence-corrected chi connectivity index (χ1v) is 7.48. The maximum atomic E-state index is 13.6. The molecule has 0 saturated carbocycles. The first kappa shape index (κ1) is 17.1. The summed E-state index contributed by atoms with van der Waals surface area (Å²) in [5.41, 5.74) is 11.4.